The van der Waals surface area contributed by atoms with Crippen LogP contribution in [0.2, 0.25) is 0 Å². The van der Waals surface area contributed by atoms with Gasteiger partial charge in [-0.05, 0) is 55.8 Å². The molecule has 0 bridgehead atoms. The van der Waals surface area contributed by atoms with E-state index in [0.29, 0.717) is 10.0 Å². The molecule has 0 atom stereocenters. The molecule has 1 heterocycles. The molecule has 2 aromatic rings. The minimum Gasteiger partial charge on any atom is -0.456 e. The molecule has 0 amide bonds. The number of nitrogens with one attached hydrogen (secondary N) is 1. The summed E-state index contributed by atoms with van der Waals surface area (Å²) in [5, 5.41) is 7.82. The van der Waals surface area contributed by atoms with E-state index >= 15 is 0 Å². The monoisotopic (exact) mass is 310 g/mol. The molecule has 18 heavy (non-hydrogen) atoms. The number of halogens is 1. The molecule has 0 aliphatic carbocycles. The van der Waals surface area contributed by atoms with Crippen molar-refractivity contribution in [2.24, 2.45) is 0 Å². The number of carbonyl (C=O) groups is 1. The Morgan fingerprint density at radius 3 is 2.67 bits per heavy atom. The standard InChI is InChI=1S/C13H15BrN2O2/c1-7-10-9(16-15-7)6-5-8(14)11(10)12(17)18-13(2,3)4/h5-6H,1-4H3,(H,15,16). The summed E-state index contributed by atoms with van der Waals surface area (Å²) >= 11 is 3.40. The number of hydrogen-bond donors (Lipinski definition) is 1. The van der Waals surface area contributed by atoms with E-state index in [1.165, 1.54) is 0 Å². The molecule has 2 rings (SSSR count). The van der Waals surface area contributed by atoms with E-state index in [4.69, 9.17) is 4.74 Å². The van der Waals surface area contributed by atoms with Crippen LogP contribution in [0.4, 0.5) is 0 Å². The van der Waals surface area contributed by atoms with Gasteiger partial charge in [-0.15, -0.1) is 0 Å². The molecule has 0 aliphatic rings. The Balaban J connectivity index is 2.59. The van der Waals surface area contributed by atoms with Crippen LogP contribution in [-0.2, 0) is 4.74 Å². The average molecular weight is 311 g/mol. The van der Waals surface area contributed by atoms with Gasteiger partial charge in [-0.2, -0.15) is 5.10 Å². The van der Waals surface area contributed by atoms with Crippen LogP contribution in [0.3, 0.4) is 0 Å². The fourth-order valence-corrected chi connectivity index (χ4v) is 2.27. The molecule has 0 fully saturated rings. The lowest BCUT2D eigenvalue weighted by Crippen LogP contribution is -2.24. The first-order chi connectivity index (χ1) is 8.29. The first kappa shape index (κ1) is 13.1. The SMILES string of the molecule is Cc1n[nH]c2ccc(Br)c(C(=O)OC(C)(C)C)c12. The Morgan fingerprint density at radius 2 is 2.06 bits per heavy atom. The van der Waals surface area contributed by atoms with E-state index in [2.05, 4.69) is 26.1 Å². The highest BCUT2D eigenvalue weighted by molar-refractivity contribution is 9.10. The van der Waals surface area contributed by atoms with Crippen LogP contribution in [0.15, 0.2) is 16.6 Å². The van der Waals surface area contributed by atoms with E-state index in [9.17, 15) is 4.79 Å². The largest absolute Gasteiger partial charge is 0.456 e. The van der Waals surface area contributed by atoms with Crippen LogP contribution in [0.1, 0.15) is 36.8 Å². The van der Waals surface area contributed by atoms with Crippen molar-refractivity contribution >= 4 is 32.8 Å². The van der Waals surface area contributed by atoms with Crippen LogP contribution < -0.4 is 0 Å². The predicted molar refractivity (Wildman–Crippen MR) is 73.7 cm³/mol. The third-order valence-electron chi connectivity index (χ3n) is 2.46. The summed E-state index contributed by atoms with van der Waals surface area (Å²) in [7, 11) is 0. The predicted octanol–water partition coefficient (Wildman–Crippen LogP) is 3.59. The normalized spacial score (nSPS) is 11.8. The highest BCUT2D eigenvalue weighted by Gasteiger charge is 2.23. The first-order valence-electron chi connectivity index (χ1n) is 5.66. The number of H-pyrrole nitrogens is 1. The number of carbonyl (C=O) groups excluding carboxylic acids is 1. The zero-order valence-corrected chi connectivity index (χ0v) is 12.4. The molecule has 0 saturated heterocycles. The summed E-state index contributed by atoms with van der Waals surface area (Å²) in [6.07, 6.45) is 0. The van der Waals surface area contributed by atoms with Crippen LogP contribution in [0.5, 0.6) is 0 Å². The maximum Gasteiger partial charge on any atom is 0.340 e. The quantitative estimate of drug-likeness (QED) is 0.819. The number of nitrogens with zero attached hydrogens (tertiary/aromatic N) is 1. The minimum absolute atomic E-state index is 0.343. The fraction of sp³-hybridized carbons (Fsp3) is 0.385. The third-order valence-corrected chi connectivity index (χ3v) is 3.12. The van der Waals surface area contributed by atoms with Crippen molar-refractivity contribution in [3.63, 3.8) is 0 Å². The van der Waals surface area contributed by atoms with Gasteiger partial charge in [0.1, 0.15) is 5.60 Å². The number of rotatable bonds is 1. The maximum absolute atomic E-state index is 12.3. The van der Waals surface area contributed by atoms with Crippen molar-refractivity contribution in [2.75, 3.05) is 0 Å². The second-order valence-corrected chi connectivity index (χ2v) is 6.01. The van der Waals surface area contributed by atoms with Gasteiger partial charge in [0.25, 0.3) is 0 Å². The van der Waals surface area contributed by atoms with Gasteiger partial charge in [0.15, 0.2) is 0 Å². The Kier molecular flexibility index (Phi) is 3.19. The molecular formula is C13H15BrN2O2. The van der Waals surface area contributed by atoms with Crippen molar-refractivity contribution in [2.45, 2.75) is 33.3 Å². The average Bonchev–Trinajstić information content (AvgIpc) is 2.58. The van der Waals surface area contributed by atoms with Gasteiger partial charge in [-0.25, -0.2) is 4.79 Å². The second kappa shape index (κ2) is 4.39. The molecule has 1 aromatic carbocycles. The summed E-state index contributed by atoms with van der Waals surface area (Å²) in [5.41, 5.74) is 1.62. The van der Waals surface area contributed by atoms with Crippen LogP contribution in [-0.4, -0.2) is 21.8 Å². The topological polar surface area (TPSA) is 55.0 Å². The van der Waals surface area contributed by atoms with E-state index in [1.54, 1.807) is 0 Å². The number of aryl methyl sites for hydroxylation is 1. The Morgan fingerprint density at radius 1 is 1.39 bits per heavy atom. The van der Waals surface area contributed by atoms with Crippen LogP contribution in [0.25, 0.3) is 10.9 Å². The molecule has 96 valence electrons. The van der Waals surface area contributed by atoms with Gasteiger partial charge in [-0.1, -0.05) is 0 Å². The smallest absolute Gasteiger partial charge is 0.340 e. The molecule has 1 N–H and O–H groups in total. The van der Waals surface area contributed by atoms with Gasteiger partial charge < -0.3 is 4.74 Å². The number of fused-ring (bicyclic) bond motifs is 1. The van der Waals surface area contributed by atoms with Crippen molar-refractivity contribution in [1.29, 1.82) is 0 Å². The highest BCUT2D eigenvalue weighted by atomic mass is 79.9. The number of ether oxygens (including phenoxy) is 1. The fourth-order valence-electron chi connectivity index (χ4n) is 1.77. The molecule has 0 saturated carbocycles. The van der Waals surface area contributed by atoms with Crippen molar-refractivity contribution < 1.29 is 9.53 Å². The van der Waals surface area contributed by atoms with E-state index in [0.717, 1.165) is 16.6 Å². The zero-order valence-electron chi connectivity index (χ0n) is 10.8. The van der Waals surface area contributed by atoms with E-state index < -0.39 is 5.60 Å². The summed E-state index contributed by atoms with van der Waals surface area (Å²) in [4.78, 5) is 12.3. The summed E-state index contributed by atoms with van der Waals surface area (Å²) in [5.74, 6) is -0.343. The summed E-state index contributed by atoms with van der Waals surface area (Å²) < 4.78 is 6.14. The molecule has 4 nitrogen and oxygen atoms in total. The molecule has 0 unspecified atom stereocenters. The lowest BCUT2D eigenvalue weighted by Gasteiger charge is -2.20. The van der Waals surface area contributed by atoms with Gasteiger partial charge in [0, 0.05) is 9.86 Å². The van der Waals surface area contributed by atoms with Gasteiger partial charge in [0.2, 0.25) is 0 Å². The minimum atomic E-state index is -0.518. The third kappa shape index (κ3) is 2.41. The molecular weight excluding hydrogens is 296 g/mol. The van der Waals surface area contributed by atoms with Gasteiger partial charge in [0.05, 0.1) is 16.8 Å². The number of aromatic nitrogens is 2. The maximum atomic E-state index is 12.3. The highest BCUT2D eigenvalue weighted by Crippen LogP contribution is 2.29. The zero-order chi connectivity index (χ0) is 13.5. The molecule has 1 aromatic heterocycles. The molecule has 0 aliphatic heterocycles. The summed E-state index contributed by atoms with van der Waals surface area (Å²) in [6.45, 7) is 7.41. The lowest BCUT2D eigenvalue weighted by molar-refractivity contribution is 0.00708. The van der Waals surface area contributed by atoms with Gasteiger partial charge in [-0.3, -0.25) is 5.10 Å². The Labute approximate surface area is 114 Å². The number of aromatic amines is 1. The second-order valence-electron chi connectivity index (χ2n) is 5.16. The summed E-state index contributed by atoms with van der Waals surface area (Å²) in [6, 6.07) is 3.70. The molecule has 0 radical (unpaired) electrons. The van der Waals surface area contributed by atoms with Crippen molar-refractivity contribution in [3.05, 3.63) is 27.9 Å². The lowest BCUT2D eigenvalue weighted by atomic mass is 10.1. The number of benzene rings is 1. The van der Waals surface area contributed by atoms with E-state index in [1.807, 2.05) is 39.8 Å². The number of esters is 1. The van der Waals surface area contributed by atoms with Gasteiger partial charge >= 0.3 is 5.97 Å². The first-order valence-corrected chi connectivity index (χ1v) is 6.45. The molecule has 0 spiro atoms. The van der Waals surface area contributed by atoms with Crippen LogP contribution >= 0.6 is 15.9 Å². The van der Waals surface area contributed by atoms with Crippen LogP contribution in [0, 0.1) is 6.92 Å². The Bertz CT molecular complexity index is 611. The van der Waals surface area contributed by atoms with E-state index in [-0.39, 0.29) is 5.97 Å². The Hall–Kier alpha value is -1.36. The van der Waals surface area contributed by atoms with Crippen molar-refractivity contribution in [3.8, 4) is 0 Å². The number of hydrogen-bond acceptors (Lipinski definition) is 3. The van der Waals surface area contributed by atoms with Crippen molar-refractivity contribution in [1.82, 2.24) is 10.2 Å². The molecule has 5 heteroatoms.